The first-order chi connectivity index (χ1) is 8.08. The van der Waals surface area contributed by atoms with Gasteiger partial charge in [0, 0.05) is 11.1 Å². The lowest BCUT2D eigenvalue weighted by molar-refractivity contribution is -0.139. The highest BCUT2D eigenvalue weighted by Gasteiger charge is 2.05. The van der Waals surface area contributed by atoms with E-state index in [2.05, 4.69) is 10.2 Å². The van der Waals surface area contributed by atoms with E-state index < -0.39 is 11.9 Å². The number of aromatic nitrogens is 2. The highest BCUT2D eigenvalue weighted by atomic mass is 16.4. The van der Waals surface area contributed by atoms with E-state index in [-0.39, 0.29) is 0 Å². The van der Waals surface area contributed by atoms with Crippen LogP contribution in [0.1, 0.15) is 18.2 Å². The molecule has 88 valence electrons. The standard InChI is InChI=1S/C13H14N2O2/c1-8(13(16)17)3-4-10-5-6-11-9(2)14-15-12(11)7-10/h3-8H,1-2H3,(H,14,15)(H,16,17). The van der Waals surface area contributed by atoms with Crippen LogP contribution in [0.3, 0.4) is 0 Å². The third-order valence-corrected chi connectivity index (χ3v) is 2.74. The Bertz CT molecular complexity index is 584. The van der Waals surface area contributed by atoms with Crippen molar-refractivity contribution in [3.05, 3.63) is 35.5 Å². The van der Waals surface area contributed by atoms with E-state index in [1.807, 2.05) is 31.2 Å². The maximum atomic E-state index is 10.7. The molecule has 17 heavy (non-hydrogen) atoms. The van der Waals surface area contributed by atoms with Crippen molar-refractivity contribution in [3.63, 3.8) is 0 Å². The summed E-state index contributed by atoms with van der Waals surface area (Å²) in [5, 5.41) is 16.9. The summed E-state index contributed by atoms with van der Waals surface area (Å²) in [4.78, 5) is 10.7. The van der Waals surface area contributed by atoms with Gasteiger partial charge in [0.25, 0.3) is 0 Å². The third kappa shape index (κ3) is 2.36. The van der Waals surface area contributed by atoms with Gasteiger partial charge in [-0.3, -0.25) is 9.89 Å². The van der Waals surface area contributed by atoms with Gasteiger partial charge in [-0.25, -0.2) is 0 Å². The average molecular weight is 230 g/mol. The van der Waals surface area contributed by atoms with Crippen LogP contribution in [0.25, 0.3) is 17.0 Å². The van der Waals surface area contributed by atoms with Gasteiger partial charge in [-0.05, 0) is 25.5 Å². The molecule has 0 fully saturated rings. The lowest BCUT2D eigenvalue weighted by atomic mass is 10.1. The average Bonchev–Trinajstić information content (AvgIpc) is 2.67. The molecule has 0 spiro atoms. The van der Waals surface area contributed by atoms with Crippen LogP contribution in [0, 0.1) is 12.8 Å². The Morgan fingerprint density at radius 1 is 1.53 bits per heavy atom. The van der Waals surface area contributed by atoms with Crippen molar-refractivity contribution in [1.29, 1.82) is 0 Å². The highest BCUT2D eigenvalue weighted by Crippen LogP contribution is 2.17. The van der Waals surface area contributed by atoms with Crippen LogP contribution in [-0.4, -0.2) is 21.3 Å². The number of carboxylic acids is 1. The van der Waals surface area contributed by atoms with Gasteiger partial charge >= 0.3 is 5.97 Å². The summed E-state index contributed by atoms with van der Waals surface area (Å²) in [5.41, 5.74) is 2.89. The smallest absolute Gasteiger partial charge is 0.310 e. The van der Waals surface area contributed by atoms with Crippen molar-refractivity contribution in [1.82, 2.24) is 10.2 Å². The molecule has 4 heteroatoms. The molecule has 0 saturated carbocycles. The predicted octanol–water partition coefficient (Wildman–Crippen LogP) is 2.61. The maximum absolute atomic E-state index is 10.7. The zero-order valence-corrected chi connectivity index (χ0v) is 9.77. The second-order valence-corrected chi connectivity index (χ2v) is 4.11. The van der Waals surface area contributed by atoms with Gasteiger partial charge in [0.05, 0.1) is 11.4 Å². The number of hydrogen-bond donors (Lipinski definition) is 2. The SMILES string of the molecule is Cc1[nH]nc2cc(C=CC(C)C(=O)O)ccc12. The molecule has 1 aromatic heterocycles. The van der Waals surface area contributed by atoms with Crippen LogP contribution < -0.4 is 0 Å². The fraction of sp³-hybridized carbons (Fsp3) is 0.231. The van der Waals surface area contributed by atoms with Gasteiger partial charge in [-0.2, -0.15) is 5.10 Å². The predicted molar refractivity (Wildman–Crippen MR) is 66.7 cm³/mol. The van der Waals surface area contributed by atoms with Crippen LogP contribution in [0.5, 0.6) is 0 Å². The molecule has 1 heterocycles. The number of fused-ring (bicyclic) bond motifs is 1. The summed E-state index contributed by atoms with van der Waals surface area (Å²) in [6.07, 6.45) is 3.48. The lowest BCUT2D eigenvalue weighted by Crippen LogP contribution is -2.05. The van der Waals surface area contributed by atoms with Crippen LogP contribution >= 0.6 is 0 Å². The third-order valence-electron chi connectivity index (χ3n) is 2.74. The number of hydrogen-bond acceptors (Lipinski definition) is 2. The van der Waals surface area contributed by atoms with Crippen LogP contribution in [-0.2, 0) is 4.79 Å². The van der Waals surface area contributed by atoms with Gasteiger partial charge in [-0.15, -0.1) is 0 Å². The molecule has 2 N–H and O–H groups in total. The number of carbonyl (C=O) groups is 1. The van der Waals surface area contributed by atoms with Crippen molar-refractivity contribution in [2.45, 2.75) is 13.8 Å². The zero-order valence-electron chi connectivity index (χ0n) is 9.77. The number of H-pyrrole nitrogens is 1. The molecule has 0 bridgehead atoms. The second-order valence-electron chi connectivity index (χ2n) is 4.11. The van der Waals surface area contributed by atoms with Crippen molar-refractivity contribution in [2.24, 2.45) is 5.92 Å². The zero-order chi connectivity index (χ0) is 12.4. The molecule has 0 aliphatic carbocycles. The van der Waals surface area contributed by atoms with Crippen molar-refractivity contribution >= 4 is 22.9 Å². The number of rotatable bonds is 3. The molecule has 1 aromatic carbocycles. The van der Waals surface area contributed by atoms with E-state index in [0.29, 0.717) is 0 Å². The number of nitrogens with one attached hydrogen (secondary N) is 1. The van der Waals surface area contributed by atoms with Gasteiger partial charge < -0.3 is 5.11 Å². The van der Waals surface area contributed by atoms with Crippen molar-refractivity contribution in [2.75, 3.05) is 0 Å². The topological polar surface area (TPSA) is 66.0 Å². The van der Waals surface area contributed by atoms with E-state index in [4.69, 9.17) is 5.11 Å². The van der Waals surface area contributed by atoms with E-state index in [1.54, 1.807) is 13.0 Å². The summed E-state index contributed by atoms with van der Waals surface area (Å²) in [6.45, 7) is 3.62. The van der Waals surface area contributed by atoms with Crippen LogP contribution in [0.15, 0.2) is 24.3 Å². The maximum Gasteiger partial charge on any atom is 0.310 e. The van der Waals surface area contributed by atoms with Crippen molar-refractivity contribution < 1.29 is 9.90 Å². The quantitative estimate of drug-likeness (QED) is 0.851. The molecule has 4 nitrogen and oxygen atoms in total. The molecule has 0 radical (unpaired) electrons. The fourth-order valence-corrected chi connectivity index (χ4v) is 1.60. The molecule has 0 saturated heterocycles. The van der Waals surface area contributed by atoms with Gasteiger partial charge in [0.15, 0.2) is 0 Å². The minimum Gasteiger partial charge on any atom is -0.481 e. The largest absolute Gasteiger partial charge is 0.481 e. The molecule has 0 aliphatic heterocycles. The number of aromatic amines is 1. The summed E-state index contributed by atoms with van der Waals surface area (Å²) in [7, 11) is 0. The summed E-state index contributed by atoms with van der Waals surface area (Å²) in [5.74, 6) is -1.30. The Kier molecular flexibility index (Phi) is 2.95. The Balaban J connectivity index is 2.28. The first-order valence-corrected chi connectivity index (χ1v) is 5.43. The van der Waals surface area contributed by atoms with E-state index in [9.17, 15) is 4.79 Å². The van der Waals surface area contributed by atoms with Crippen LogP contribution in [0.2, 0.25) is 0 Å². The molecular formula is C13H14N2O2. The summed E-state index contributed by atoms with van der Waals surface area (Å²) < 4.78 is 0. The van der Waals surface area contributed by atoms with E-state index in [1.165, 1.54) is 0 Å². The highest BCUT2D eigenvalue weighted by molar-refractivity contribution is 5.83. The Hall–Kier alpha value is -2.10. The fourth-order valence-electron chi connectivity index (χ4n) is 1.60. The van der Waals surface area contributed by atoms with E-state index >= 15 is 0 Å². The molecule has 1 unspecified atom stereocenters. The second kappa shape index (κ2) is 4.41. The number of carboxylic acid groups (broad SMARTS) is 1. The number of benzene rings is 1. The Labute approximate surface area is 99.0 Å². The Morgan fingerprint density at radius 2 is 2.29 bits per heavy atom. The normalized spacial score (nSPS) is 13.3. The van der Waals surface area contributed by atoms with Gasteiger partial charge in [0.1, 0.15) is 0 Å². The first-order valence-electron chi connectivity index (χ1n) is 5.43. The molecule has 2 aromatic rings. The molecular weight excluding hydrogens is 216 g/mol. The van der Waals surface area contributed by atoms with Crippen LogP contribution in [0.4, 0.5) is 0 Å². The number of aryl methyl sites for hydroxylation is 1. The van der Waals surface area contributed by atoms with Gasteiger partial charge in [0.2, 0.25) is 0 Å². The molecule has 0 aliphatic rings. The van der Waals surface area contributed by atoms with Crippen molar-refractivity contribution in [3.8, 4) is 0 Å². The molecule has 0 amide bonds. The minimum absolute atomic E-state index is 0.480. The summed E-state index contributed by atoms with van der Waals surface area (Å²) >= 11 is 0. The van der Waals surface area contributed by atoms with Gasteiger partial charge in [-0.1, -0.05) is 24.3 Å². The monoisotopic (exact) mass is 230 g/mol. The first kappa shape index (κ1) is 11.4. The van der Waals surface area contributed by atoms with E-state index in [0.717, 1.165) is 22.2 Å². The molecule has 1 atom stereocenters. The molecule has 2 rings (SSSR count). The summed E-state index contributed by atoms with van der Waals surface area (Å²) in [6, 6.07) is 5.87. The minimum atomic E-state index is -0.821. The Morgan fingerprint density at radius 3 is 3.00 bits per heavy atom. The number of nitrogens with zero attached hydrogens (tertiary/aromatic N) is 1. The lowest BCUT2D eigenvalue weighted by Gasteiger charge is -1.98. The number of aliphatic carboxylic acids is 1.